The van der Waals surface area contributed by atoms with Crippen LogP contribution in [0.15, 0.2) is 12.1 Å². The van der Waals surface area contributed by atoms with Crippen LogP contribution in [-0.2, 0) is 6.42 Å². The molecule has 0 aromatic carbocycles. The molecule has 2 nitrogen and oxygen atoms in total. The van der Waals surface area contributed by atoms with E-state index in [9.17, 15) is 0 Å². The molecule has 0 radical (unpaired) electrons. The lowest BCUT2D eigenvalue weighted by Crippen LogP contribution is -1.93. The highest BCUT2D eigenvalue weighted by Crippen LogP contribution is 2.19. The molecule has 0 aliphatic heterocycles. The van der Waals surface area contributed by atoms with Gasteiger partial charge in [0.2, 0.25) is 5.88 Å². The molecule has 5 heteroatoms. The van der Waals surface area contributed by atoms with Gasteiger partial charge in [-0.25, -0.2) is 4.98 Å². The van der Waals surface area contributed by atoms with Gasteiger partial charge >= 0.3 is 0 Å². The van der Waals surface area contributed by atoms with Crippen molar-refractivity contribution in [3.8, 4) is 5.88 Å². The third-order valence-corrected chi connectivity index (χ3v) is 2.61. The van der Waals surface area contributed by atoms with Crippen molar-refractivity contribution in [2.75, 3.05) is 12.9 Å². The second-order valence-corrected chi connectivity index (χ2v) is 3.79. The Morgan fingerprint density at radius 2 is 2.13 bits per heavy atom. The van der Waals surface area contributed by atoms with Crippen molar-refractivity contribution in [2.45, 2.75) is 19.3 Å². The van der Waals surface area contributed by atoms with E-state index >= 15 is 0 Å². The van der Waals surface area contributed by atoms with Crippen LogP contribution in [0.2, 0.25) is 5.15 Å². The van der Waals surface area contributed by atoms with Gasteiger partial charge in [0.1, 0.15) is 5.15 Å². The minimum atomic E-state index is 0. The molecular weight excluding hydrogens is 253 g/mol. The summed E-state index contributed by atoms with van der Waals surface area (Å²) in [5.74, 6) is 1.48. The van der Waals surface area contributed by atoms with Crippen molar-refractivity contribution >= 4 is 36.6 Å². The Morgan fingerprint density at radius 1 is 1.40 bits per heavy atom. The normalized spacial score (nSPS) is 9.53. The maximum Gasteiger partial charge on any atom is 0.214 e. The van der Waals surface area contributed by atoms with Gasteiger partial charge in [0.25, 0.3) is 0 Å². The summed E-state index contributed by atoms with van der Waals surface area (Å²) in [6.07, 6.45) is 3.15. The molecule has 0 saturated carbocycles. The highest BCUT2D eigenvalue weighted by atomic mass is 35.5. The minimum Gasteiger partial charge on any atom is -0.481 e. The summed E-state index contributed by atoms with van der Waals surface area (Å²) in [5, 5.41) is 0.545. The van der Waals surface area contributed by atoms with Gasteiger partial charge in [0.15, 0.2) is 0 Å². The smallest absolute Gasteiger partial charge is 0.214 e. The SMILES string of the molecule is COc1ccc(CCCCS)c(Cl)n1.Cl. The number of ether oxygens (including phenoxy) is 1. The van der Waals surface area contributed by atoms with E-state index < -0.39 is 0 Å². The summed E-state index contributed by atoms with van der Waals surface area (Å²) < 4.78 is 4.97. The quantitative estimate of drug-likeness (QED) is 0.502. The number of hydrogen-bond acceptors (Lipinski definition) is 3. The standard InChI is InChI=1S/C10H14ClNOS.ClH/c1-13-9-6-5-8(10(11)12-9)4-2-3-7-14;/h5-6,14H,2-4,7H2,1H3;1H. The van der Waals surface area contributed by atoms with E-state index in [2.05, 4.69) is 17.6 Å². The van der Waals surface area contributed by atoms with Crippen molar-refractivity contribution in [1.82, 2.24) is 4.98 Å². The van der Waals surface area contributed by atoms with Crippen molar-refractivity contribution in [3.63, 3.8) is 0 Å². The van der Waals surface area contributed by atoms with Gasteiger partial charge in [-0.15, -0.1) is 12.4 Å². The van der Waals surface area contributed by atoms with Crippen LogP contribution in [0.1, 0.15) is 18.4 Å². The fraction of sp³-hybridized carbons (Fsp3) is 0.500. The van der Waals surface area contributed by atoms with Crippen LogP contribution in [0.25, 0.3) is 0 Å². The van der Waals surface area contributed by atoms with Crippen molar-refractivity contribution < 1.29 is 4.74 Å². The molecule has 1 aromatic heterocycles. The Labute approximate surface area is 107 Å². The largest absolute Gasteiger partial charge is 0.481 e. The summed E-state index contributed by atoms with van der Waals surface area (Å²) in [7, 11) is 1.58. The first kappa shape index (κ1) is 14.9. The summed E-state index contributed by atoms with van der Waals surface area (Å²) in [5.41, 5.74) is 1.08. The van der Waals surface area contributed by atoms with Crippen molar-refractivity contribution in [1.29, 1.82) is 0 Å². The molecular formula is C10H15Cl2NOS. The molecule has 1 heterocycles. The van der Waals surface area contributed by atoms with Crippen LogP contribution >= 0.6 is 36.6 Å². The Kier molecular flexibility index (Phi) is 8.02. The average molecular weight is 268 g/mol. The van der Waals surface area contributed by atoms with Crippen LogP contribution in [0.3, 0.4) is 0 Å². The molecule has 1 aromatic rings. The number of thiol groups is 1. The molecule has 0 spiro atoms. The number of aryl methyl sites for hydroxylation is 1. The van der Waals surface area contributed by atoms with E-state index in [0.29, 0.717) is 11.0 Å². The number of unbranched alkanes of at least 4 members (excludes halogenated alkanes) is 1. The Hall–Kier alpha value is -0.120. The number of nitrogens with zero attached hydrogens (tertiary/aromatic N) is 1. The fourth-order valence-corrected chi connectivity index (χ4v) is 1.64. The van der Waals surface area contributed by atoms with E-state index in [4.69, 9.17) is 16.3 Å². The number of rotatable bonds is 5. The molecule has 0 fully saturated rings. The first-order valence-electron chi connectivity index (χ1n) is 4.58. The highest BCUT2D eigenvalue weighted by Gasteiger charge is 2.03. The lowest BCUT2D eigenvalue weighted by atomic mass is 10.1. The van der Waals surface area contributed by atoms with Crippen LogP contribution in [0.5, 0.6) is 5.88 Å². The molecule has 0 aliphatic carbocycles. The highest BCUT2D eigenvalue weighted by molar-refractivity contribution is 7.80. The molecule has 86 valence electrons. The van der Waals surface area contributed by atoms with Crippen LogP contribution in [0, 0.1) is 0 Å². The second-order valence-electron chi connectivity index (χ2n) is 2.98. The Morgan fingerprint density at radius 3 is 2.67 bits per heavy atom. The topological polar surface area (TPSA) is 22.1 Å². The molecule has 0 N–H and O–H groups in total. The third kappa shape index (κ3) is 4.96. The van der Waals surface area contributed by atoms with E-state index in [1.807, 2.05) is 12.1 Å². The lowest BCUT2D eigenvalue weighted by Gasteiger charge is -2.04. The zero-order valence-corrected chi connectivity index (χ0v) is 11.0. The van der Waals surface area contributed by atoms with Crippen molar-refractivity contribution in [2.24, 2.45) is 0 Å². The molecule has 1 rings (SSSR count). The predicted molar refractivity (Wildman–Crippen MR) is 69.8 cm³/mol. The number of hydrogen-bond donors (Lipinski definition) is 1. The molecule has 0 unspecified atom stereocenters. The predicted octanol–water partition coefficient (Wildman–Crippen LogP) is 3.42. The van der Waals surface area contributed by atoms with E-state index in [1.165, 1.54) is 0 Å². The van der Waals surface area contributed by atoms with Crippen LogP contribution in [0.4, 0.5) is 0 Å². The van der Waals surface area contributed by atoms with Gasteiger partial charge in [-0.2, -0.15) is 12.6 Å². The van der Waals surface area contributed by atoms with Gasteiger partial charge < -0.3 is 4.74 Å². The first-order valence-corrected chi connectivity index (χ1v) is 5.59. The lowest BCUT2D eigenvalue weighted by molar-refractivity contribution is 0.397. The zero-order chi connectivity index (χ0) is 10.4. The summed E-state index contributed by atoms with van der Waals surface area (Å²) in [6, 6.07) is 3.80. The molecule has 0 saturated heterocycles. The monoisotopic (exact) mass is 267 g/mol. The molecule has 15 heavy (non-hydrogen) atoms. The average Bonchev–Trinajstić information content (AvgIpc) is 2.20. The van der Waals surface area contributed by atoms with Gasteiger partial charge in [-0.05, 0) is 30.6 Å². The van der Waals surface area contributed by atoms with Gasteiger partial charge in [0, 0.05) is 6.07 Å². The fourth-order valence-electron chi connectivity index (χ4n) is 1.17. The van der Waals surface area contributed by atoms with E-state index in [1.54, 1.807) is 7.11 Å². The minimum absolute atomic E-state index is 0. The van der Waals surface area contributed by atoms with Crippen molar-refractivity contribution in [3.05, 3.63) is 22.8 Å². The molecule has 0 aliphatic rings. The first-order chi connectivity index (χ1) is 6.77. The van der Waals surface area contributed by atoms with Crippen LogP contribution < -0.4 is 4.74 Å². The number of aromatic nitrogens is 1. The summed E-state index contributed by atoms with van der Waals surface area (Å²) >= 11 is 10.1. The van der Waals surface area contributed by atoms with Gasteiger partial charge in [-0.3, -0.25) is 0 Å². The zero-order valence-electron chi connectivity index (χ0n) is 8.57. The second kappa shape index (κ2) is 8.08. The van der Waals surface area contributed by atoms with E-state index in [0.717, 1.165) is 30.6 Å². The maximum absolute atomic E-state index is 5.98. The summed E-state index contributed by atoms with van der Waals surface area (Å²) in [4.78, 5) is 4.09. The molecule has 0 bridgehead atoms. The van der Waals surface area contributed by atoms with E-state index in [-0.39, 0.29) is 12.4 Å². The number of pyridine rings is 1. The Balaban J connectivity index is 0.00000196. The number of halogens is 2. The number of methoxy groups -OCH3 is 1. The van der Waals surface area contributed by atoms with Gasteiger partial charge in [-0.1, -0.05) is 17.7 Å². The summed E-state index contributed by atoms with van der Waals surface area (Å²) in [6.45, 7) is 0. The van der Waals surface area contributed by atoms with Crippen LogP contribution in [-0.4, -0.2) is 17.8 Å². The Bertz CT molecular complexity index is 297. The van der Waals surface area contributed by atoms with Gasteiger partial charge in [0.05, 0.1) is 7.11 Å². The molecule has 0 atom stereocenters. The molecule has 0 amide bonds. The maximum atomic E-state index is 5.98. The third-order valence-electron chi connectivity index (χ3n) is 1.96.